The lowest BCUT2D eigenvalue weighted by molar-refractivity contribution is 0.629. The molecule has 4 N–H and O–H groups in total. The van der Waals surface area contributed by atoms with E-state index in [0.29, 0.717) is 6.54 Å². The third-order valence-electron chi connectivity index (χ3n) is 3.68. The van der Waals surface area contributed by atoms with E-state index in [-0.39, 0.29) is 5.82 Å². The Morgan fingerprint density at radius 3 is 2.86 bits per heavy atom. The van der Waals surface area contributed by atoms with Gasteiger partial charge in [-0.25, -0.2) is 9.37 Å². The van der Waals surface area contributed by atoms with Gasteiger partial charge in [0, 0.05) is 22.7 Å². The average molecular weight is 280 g/mol. The molecule has 4 rings (SSSR count). The number of nitrogens with zero attached hydrogens (tertiary/aromatic N) is 1. The predicted octanol–water partition coefficient (Wildman–Crippen LogP) is 3.31. The van der Waals surface area contributed by atoms with Crippen LogP contribution in [-0.2, 0) is 6.54 Å². The smallest absolute Gasteiger partial charge is 0.125 e. The Kier molecular flexibility index (Phi) is 2.55. The van der Waals surface area contributed by atoms with Gasteiger partial charge < -0.3 is 15.7 Å². The Morgan fingerprint density at radius 1 is 1.10 bits per heavy atom. The van der Waals surface area contributed by atoms with E-state index in [1.165, 1.54) is 12.1 Å². The number of benzene rings is 2. The van der Waals surface area contributed by atoms with Crippen LogP contribution < -0.4 is 5.73 Å². The van der Waals surface area contributed by atoms with Crippen molar-refractivity contribution < 1.29 is 4.39 Å². The van der Waals surface area contributed by atoms with Crippen molar-refractivity contribution >= 4 is 21.9 Å². The van der Waals surface area contributed by atoms with E-state index in [1.807, 2.05) is 24.4 Å². The fraction of sp³-hybridized carbons (Fsp3) is 0.0625. The molecule has 0 aliphatic rings. The van der Waals surface area contributed by atoms with Crippen LogP contribution in [0.2, 0.25) is 0 Å². The third-order valence-corrected chi connectivity index (χ3v) is 3.68. The van der Waals surface area contributed by atoms with Crippen LogP contribution in [0, 0.1) is 5.82 Å². The van der Waals surface area contributed by atoms with E-state index in [1.54, 1.807) is 6.07 Å². The van der Waals surface area contributed by atoms with Crippen molar-refractivity contribution in [3.8, 4) is 11.1 Å². The molecule has 0 spiro atoms. The Bertz CT molecular complexity index is 951. The van der Waals surface area contributed by atoms with Crippen LogP contribution in [0.3, 0.4) is 0 Å². The number of hydrogen-bond donors (Lipinski definition) is 3. The molecule has 0 bridgehead atoms. The van der Waals surface area contributed by atoms with Crippen molar-refractivity contribution in [2.75, 3.05) is 0 Å². The first-order chi connectivity index (χ1) is 10.2. The molecule has 0 amide bonds. The minimum Gasteiger partial charge on any atom is -0.360 e. The molecule has 2 aromatic heterocycles. The van der Waals surface area contributed by atoms with Crippen molar-refractivity contribution in [3.63, 3.8) is 0 Å². The number of H-pyrrole nitrogens is 2. The summed E-state index contributed by atoms with van der Waals surface area (Å²) in [5.41, 5.74) is 10.3. The van der Waals surface area contributed by atoms with Gasteiger partial charge in [0.1, 0.15) is 11.6 Å². The van der Waals surface area contributed by atoms with E-state index in [0.717, 1.165) is 38.9 Å². The van der Waals surface area contributed by atoms with Crippen LogP contribution in [0.4, 0.5) is 4.39 Å². The Morgan fingerprint density at radius 2 is 2.00 bits per heavy atom. The van der Waals surface area contributed by atoms with E-state index < -0.39 is 0 Å². The van der Waals surface area contributed by atoms with Crippen LogP contribution in [0.1, 0.15) is 5.82 Å². The summed E-state index contributed by atoms with van der Waals surface area (Å²) in [6, 6.07) is 10.8. The molecule has 5 heteroatoms. The second-order valence-corrected chi connectivity index (χ2v) is 5.01. The highest BCUT2D eigenvalue weighted by Gasteiger charge is 2.09. The maximum atomic E-state index is 13.3. The Hall–Kier alpha value is -2.66. The van der Waals surface area contributed by atoms with Gasteiger partial charge in [-0.15, -0.1) is 0 Å². The first kappa shape index (κ1) is 12.1. The number of aromatic amines is 2. The summed E-state index contributed by atoms with van der Waals surface area (Å²) in [6.45, 7) is 0.385. The van der Waals surface area contributed by atoms with E-state index >= 15 is 0 Å². The predicted molar refractivity (Wildman–Crippen MR) is 81.2 cm³/mol. The zero-order chi connectivity index (χ0) is 14.4. The fourth-order valence-electron chi connectivity index (χ4n) is 2.66. The van der Waals surface area contributed by atoms with Gasteiger partial charge in [0.15, 0.2) is 0 Å². The van der Waals surface area contributed by atoms with Crippen LogP contribution in [-0.4, -0.2) is 15.0 Å². The number of imidazole rings is 1. The number of halogens is 1. The Balaban J connectivity index is 1.91. The monoisotopic (exact) mass is 280 g/mol. The quantitative estimate of drug-likeness (QED) is 0.527. The highest BCUT2D eigenvalue weighted by molar-refractivity contribution is 5.97. The molecule has 4 nitrogen and oxygen atoms in total. The highest BCUT2D eigenvalue weighted by atomic mass is 19.1. The molecule has 0 unspecified atom stereocenters. The summed E-state index contributed by atoms with van der Waals surface area (Å²) < 4.78 is 13.3. The molecule has 0 aliphatic carbocycles. The summed E-state index contributed by atoms with van der Waals surface area (Å²) in [6.07, 6.45) is 1.89. The van der Waals surface area contributed by atoms with Gasteiger partial charge in [0.05, 0.1) is 17.6 Å². The van der Waals surface area contributed by atoms with E-state index in [4.69, 9.17) is 5.73 Å². The molecule has 2 aromatic carbocycles. The molecule has 0 fully saturated rings. The molecule has 0 atom stereocenters. The van der Waals surface area contributed by atoms with Gasteiger partial charge in [-0.1, -0.05) is 6.07 Å². The molecule has 0 saturated carbocycles. The zero-order valence-corrected chi connectivity index (χ0v) is 11.2. The van der Waals surface area contributed by atoms with Crippen molar-refractivity contribution in [1.29, 1.82) is 0 Å². The molecular weight excluding hydrogens is 267 g/mol. The zero-order valence-electron chi connectivity index (χ0n) is 11.2. The summed E-state index contributed by atoms with van der Waals surface area (Å²) in [7, 11) is 0. The minimum atomic E-state index is -0.243. The van der Waals surface area contributed by atoms with Gasteiger partial charge >= 0.3 is 0 Å². The fourth-order valence-corrected chi connectivity index (χ4v) is 2.66. The second kappa shape index (κ2) is 4.43. The van der Waals surface area contributed by atoms with Gasteiger partial charge in [0.25, 0.3) is 0 Å². The Labute approximate surface area is 119 Å². The standard InChI is InChI=1S/C16H13FN4/c17-10-2-3-11-12(8-19-14(11)6-10)9-1-4-13-15(5-9)21-16(7-18)20-13/h1-6,8,19H,7,18H2,(H,20,21). The largest absolute Gasteiger partial charge is 0.360 e. The maximum Gasteiger partial charge on any atom is 0.125 e. The third kappa shape index (κ3) is 1.90. The molecule has 4 aromatic rings. The lowest BCUT2D eigenvalue weighted by Gasteiger charge is -2.00. The van der Waals surface area contributed by atoms with Crippen LogP contribution in [0.25, 0.3) is 33.1 Å². The van der Waals surface area contributed by atoms with Gasteiger partial charge in [-0.3, -0.25) is 0 Å². The number of hydrogen-bond acceptors (Lipinski definition) is 2. The summed E-state index contributed by atoms with van der Waals surface area (Å²) >= 11 is 0. The summed E-state index contributed by atoms with van der Waals surface area (Å²) in [4.78, 5) is 10.7. The lowest BCUT2D eigenvalue weighted by atomic mass is 10.0. The first-order valence-electron chi connectivity index (χ1n) is 6.70. The number of aromatic nitrogens is 3. The molecule has 2 heterocycles. The topological polar surface area (TPSA) is 70.5 Å². The molecule has 0 radical (unpaired) electrons. The average Bonchev–Trinajstić information content (AvgIpc) is 3.08. The number of rotatable bonds is 2. The SMILES string of the molecule is NCc1nc2ccc(-c3c[nH]c4cc(F)ccc34)cc2[nH]1. The van der Waals surface area contributed by atoms with Gasteiger partial charge in [-0.05, 0) is 35.9 Å². The van der Waals surface area contributed by atoms with Crippen molar-refractivity contribution in [3.05, 3.63) is 54.2 Å². The maximum absolute atomic E-state index is 13.3. The minimum absolute atomic E-state index is 0.243. The van der Waals surface area contributed by atoms with Crippen molar-refractivity contribution in [2.45, 2.75) is 6.54 Å². The van der Waals surface area contributed by atoms with Gasteiger partial charge in [-0.2, -0.15) is 0 Å². The molecule has 21 heavy (non-hydrogen) atoms. The van der Waals surface area contributed by atoms with Crippen molar-refractivity contribution in [1.82, 2.24) is 15.0 Å². The highest BCUT2D eigenvalue weighted by Crippen LogP contribution is 2.30. The lowest BCUT2D eigenvalue weighted by Crippen LogP contribution is -1.97. The molecule has 104 valence electrons. The van der Waals surface area contributed by atoms with Crippen molar-refractivity contribution in [2.24, 2.45) is 5.73 Å². The normalized spacial score (nSPS) is 11.5. The summed E-state index contributed by atoms with van der Waals surface area (Å²) in [5.74, 6) is 0.524. The van der Waals surface area contributed by atoms with Crippen LogP contribution >= 0.6 is 0 Å². The van der Waals surface area contributed by atoms with E-state index in [2.05, 4.69) is 15.0 Å². The summed E-state index contributed by atoms with van der Waals surface area (Å²) in [5, 5.41) is 0.995. The molecular formula is C16H13FN4. The first-order valence-corrected chi connectivity index (χ1v) is 6.70. The van der Waals surface area contributed by atoms with Crippen LogP contribution in [0.5, 0.6) is 0 Å². The second-order valence-electron chi connectivity index (χ2n) is 5.01. The van der Waals surface area contributed by atoms with E-state index in [9.17, 15) is 4.39 Å². The number of nitrogens with one attached hydrogen (secondary N) is 2. The number of nitrogens with two attached hydrogens (primary N) is 1. The van der Waals surface area contributed by atoms with Gasteiger partial charge in [0.2, 0.25) is 0 Å². The molecule has 0 saturated heterocycles. The number of fused-ring (bicyclic) bond motifs is 2. The molecule has 0 aliphatic heterocycles. The van der Waals surface area contributed by atoms with Crippen LogP contribution in [0.15, 0.2) is 42.6 Å².